The molecular weight excluding hydrogens is 170 g/mol. The van der Waals surface area contributed by atoms with E-state index in [1.165, 1.54) is 0 Å². The summed E-state index contributed by atoms with van der Waals surface area (Å²) in [7, 11) is 1.64. The third-order valence-electron chi connectivity index (χ3n) is 1.92. The van der Waals surface area contributed by atoms with Crippen molar-refractivity contribution in [2.45, 2.75) is 6.61 Å². The fourth-order valence-electron chi connectivity index (χ4n) is 1.29. The zero-order valence-corrected chi connectivity index (χ0v) is 7.37. The van der Waals surface area contributed by atoms with E-state index in [9.17, 15) is 0 Å². The van der Waals surface area contributed by atoms with Gasteiger partial charge in [-0.3, -0.25) is 5.48 Å². The maximum atomic E-state index is 5.20. The fourth-order valence-corrected chi connectivity index (χ4v) is 1.29. The Labute approximate surface area is 76.4 Å². The Morgan fingerprint density at radius 3 is 3.23 bits per heavy atom. The zero-order chi connectivity index (χ0) is 9.10. The molecule has 1 N–H and O–H groups in total. The van der Waals surface area contributed by atoms with Gasteiger partial charge in [-0.25, -0.2) is 4.84 Å². The van der Waals surface area contributed by atoms with Crippen LogP contribution in [0.4, 0.5) is 5.69 Å². The van der Waals surface area contributed by atoms with E-state index in [-0.39, 0.29) is 6.79 Å². The number of hydrogen-bond acceptors (Lipinski definition) is 4. The molecule has 1 aliphatic heterocycles. The molecule has 0 amide bonds. The quantitative estimate of drug-likeness (QED) is 0.713. The van der Waals surface area contributed by atoms with E-state index in [1.807, 2.05) is 18.2 Å². The van der Waals surface area contributed by atoms with Gasteiger partial charge in [-0.05, 0) is 12.1 Å². The van der Waals surface area contributed by atoms with Crippen molar-refractivity contribution in [3.63, 3.8) is 0 Å². The van der Waals surface area contributed by atoms with Crippen LogP contribution < -0.4 is 10.2 Å². The molecular formula is C9H11NO3. The predicted octanol–water partition coefficient (Wildman–Crippen LogP) is 1.53. The number of methoxy groups -OCH3 is 1. The molecule has 1 aromatic rings. The molecule has 0 radical (unpaired) electrons. The van der Waals surface area contributed by atoms with Crippen LogP contribution in [-0.2, 0) is 16.2 Å². The van der Waals surface area contributed by atoms with Gasteiger partial charge in [-0.15, -0.1) is 0 Å². The molecule has 70 valence electrons. The number of benzene rings is 1. The number of anilines is 1. The summed E-state index contributed by atoms with van der Waals surface area (Å²) in [5.41, 5.74) is 4.68. The van der Waals surface area contributed by atoms with Crippen molar-refractivity contribution in [2.24, 2.45) is 0 Å². The molecule has 0 aliphatic carbocycles. The summed E-state index contributed by atoms with van der Waals surface area (Å²) in [4.78, 5) is 4.99. The lowest BCUT2D eigenvalue weighted by atomic mass is 10.1. The average Bonchev–Trinajstić information content (AvgIpc) is 2.41. The lowest BCUT2D eigenvalue weighted by Crippen LogP contribution is -2.00. The van der Waals surface area contributed by atoms with Crippen LogP contribution in [0.25, 0.3) is 0 Å². The number of hydrogen-bond donors (Lipinski definition) is 1. The third kappa shape index (κ3) is 1.59. The zero-order valence-electron chi connectivity index (χ0n) is 7.37. The van der Waals surface area contributed by atoms with Crippen LogP contribution in [0.2, 0.25) is 0 Å². The SMILES string of the molecule is COc1cccc2c1COCON2. The molecule has 1 aromatic carbocycles. The molecule has 0 saturated carbocycles. The van der Waals surface area contributed by atoms with E-state index in [1.54, 1.807) is 7.11 Å². The van der Waals surface area contributed by atoms with Crippen LogP contribution in [0, 0.1) is 0 Å². The molecule has 0 unspecified atom stereocenters. The first-order valence-electron chi connectivity index (χ1n) is 4.03. The summed E-state index contributed by atoms with van der Waals surface area (Å²) in [6.45, 7) is 0.754. The van der Waals surface area contributed by atoms with Crippen LogP contribution in [0.1, 0.15) is 5.56 Å². The van der Waals surface area contributed by atoms with Gasteiger partial charge in [-0.1, -0.05) is 6.07 Å². The first-order chi connectivity index (χ1) is 6.42. The second-order valence-corrected chi connectivity index (χ2v) is 2.70. The highest BCUT2D eigenvalue weighted by molar-refractivity contribution is 5.56. The molecule has 4 heteroatoms. The van der Waals surface area contributed by atoms with Crippen molar-refractivity contribution < 1.29 is 14.3 Å². The van der Waals surface area contributed by atoms with Gasteiger partial charge in [0.25, 0.3) is 0 Å². The molecule has 0 atom stereocenters. The van der Waals surface area contributed by atoms with Gasteiger partial charge in [0.1, 0.15) is 5.75 Å². The van der Waals surface area contributed by atoms with Crippen LogP contribution in [0.5, 0.6) is 5.75 Å². The summed E-state index contributed by atoms with van der Waals surface area (Å²) >= 11 is 0. The van der Waals surface area contributed by atoms with Crippen LogP contribution in [0.15, 0.2) is 18.2 Å². The minimum Gasteiger partial charge on any atom is -0.496 e. The van der Waals surface area contributed by atoms with Crippen LogP contribution >= 0.6 is 0 Å². The minimum absolute atomic E-state index is 0.248. The fraction of sp³-hybridized carbons (Fsp3) is 0.333. The smallest absolute Gasteiger partial charge is 0.173 e. The molecule has 1 aliphatic rings. The van der Waals surface area contributed by atoms with E-state index >= 15 is 0 Å². The first-order valence-corrected chi connectivity index (χ1v) is 4.03. The lowest BCUT2D eigenvalue weighted by Gasteiger charge is -2.09. The van der Waals surface area contributed by atoms with Crippen molar-refractivity contribution in [2.75, 3.05) is 19.4 Å². The standard InChI is InChI=1S/C9H11NO3/c1-11-9-4-2-3-8-7(9)5-12-6-13-10-8/h2-4,10H,5-6H2,1H3. The van der Waals surface area contributed by atoms with Crippen molar-refractivity contribution in [3.8, 4) is 5.75 Å². The Kier molecular flexibility index (Phi) is 2.33. The summed E-state index contributed by atoms with van der Waals surface area (Å²) in [5, 5.41) is 0. The van der Waals surface area contributed by atoms with Crippen LogP contribution in [0.3, 0.4) is 0 Å². The van der Waals surface area contributed by atoms with E-state index in [0.29, 0.717) is 6.61 Å². The Morgan fingerprint density at radius 2 is 2.38 bits per heavy atom. The Hall–Kier alpha value is -1.26. The lowest BCUT2D eigenvalue weighted by molar-refractivity contribution is -0.0326. The molecule has 1 heterocycles. The summed E-state index contributed by atoms with van der Waals surface area (Å²) in [5.74, 6) is 0.815. The second-order valence-electron chi connectivity index (χ2n) is 2.70. The van der Waals surface area contributed by atoms with Crippen molar-refractivity contribution in [1.29, 1.82) is 0 Å². The van der Waals surface area contributed by atoms with Gasteiger partial charge >= 0.3 is 0 Å². The molecule has 0 bridgehead atoms. The van der Waals surface area contributed by atoms with Crippen LogP contribution in [-0.4, -0.2) is 13.9 Å². The topological polar surface area (TPSA) is 39.7 Å². The van der Waals surface area contributed by atoms with Gasteiger partial charge in [0.15, 0.2) is 6.79 Å². The second kappa shape index (κ2) is 3.64. The van der Waals surface area contributed by atoms with E-state index in [2.05, 4.69) is 5.48 Å². The molecule has 0 saturated heterocycles. The van der Waals surface area contributed by atoms with Crippen molar-refractivity contribution in [3.05, 3.63) is 23.8 Å². The molecule has 2 rings (SSSR count). The van der Waals surface area contributed by atoms with E-state index in [0.717, 1.165) is 17.0 Å². The Bertz CT molecular complexity index is 301. The maximum Gasteiger partial charge on any atom is 0.173 e. The normalized spacial score (nSPS) is 15.5. The molecule has 0 fully saturated rings. The van der Waals surface area contributed by atoms with Gasteiger partial charge in [0.2, 0.25) is 0 Å². The molecule has 13 heavy (non-hydrogen) atoms. The van der Waals surface area contributed by atoms with Gasteiger partial charge in [-0.2, -0.15) is 0 Å². The Morgan fingerprint density at radius 1 is 1.46 bits per heavy atom. The Balaban J connectivity index is 2.40. The van der Waals surface area contributed by atoms with Gasteiger partial charge in [0, 0.05) is 5.56 Å². The van der Waals surface area contributed by atoms with Crippen molar-refractivity contribution >= 4 is 5.69 Å². The van der Waals surface area contributed by atoms with Gasteiger partial charge in [0.05, 0.1) is 19.4 Å². The largest absolute Gasteiger partial charge is 0.496 e. The number of nitrogens with one attached hydrogen (secondary N) is 1. The predicted molar refractivity (Wildman–Crippen MR) is 47.4 cm³/mol. The van der Waals surface area contributed by atoms with E-state index in [4.69, 9.17) is 14.3 Å². The van der Waals surface area contributed by atoms with Crippen molar-refractivity contribution in [1.82, 2.24) is 0 Å². The number of ether oxygens (including phenoxy) is 2. The maximum absolute atomic E-state index is 5.20. The third-order valence-corrected chi connectivity index (χ3v) is 1.92. The minimum atomic E-state index is 0.248. The highest BCUT2D eigenvalue weighted by Crippen LogP contribution is 2.28. The van der Waals surface area contributed by atoms with E-state index < -0.39 is 0 Å². The molecule has 4 nitrogen and oxygen atoms in total. The summed E-state index contributed by atoms with van der Waals surface area (Å²) < 4.78 is 10.4. The number of rotatable bonds is 1. The summed E-state index contributed by atoms with van der Waals surface area (Å²) in [6.07, 6.45) is 0. The molecule has 0 aromatic heterocycles. The average molecular weight is 181 g/mol. The highest BCUT2D eigenvalue weighted by Gasteiger charge is 2.11. The first kappa shape index (κ1) is 8.34. The molecule has 0 spiro atoms. The van der Waals surface area contributed by atoms with Gasteiger partial charge < -0.3 is 9.47 Å². The highest BCUT2D eigenvalue weighted by atomic mass is 16.8. The summed E-state index contributed by atoms with van der Waals surface area (Å²) in [6, 6.07) is 5.72. The monoisotopic (exact) mass is 181 g/mol. The number of fused-ring (bicyclic) bond motifs is 1.